The van der Waals surface area contributed by atoms with Gasteiger partial charge in [-0.1, -0.05) is 18.2 Å². The summed E-state index contributed by atoms with van der Waals surface area (Å²) in [7, 11) is 0. The summed E-state index contributed by atoms with van der Waals surface area (Å²) in [5.41, 5.74) is 2.85. The predicted molar refractivity (Wildman–Crippen MR) is 108 cm³/mol. The smallest absolute Gasteiger partial charge is 0.0599 e. The van der Waals surface area contributed by atoms with Gasteiger partial charge in [0.25, 0.3) is 0 Å². The standard InChI is InChI=1S/C22H30N4/c1-22(11-14-23-15-12-22)25-16-9-20(10-17-25)26(19-6-3-2-4-7-19)21-8-5-13-24-18-21/h2-8,13,18,20,23H,9-12,14-17H2,1H3. The Kier molecular flexibility index (Phi) is 5.23. The van der Waals surface area contributed by atoms with Crippen molar-refractivity contribution in [3.8, 4) is 0 Å². The van der Waals surface area contributed by atoms with Crippen molar-refractivity contribution in [1.29, 1.82) is 0 Å². The number of rotatable bonds is 4. The summed E-state index contributed by atoms with van der Waals surface area (Å²) < 4.78 is 0. The van der Waals surface area contributed by atoms with Gasteiger partial charge in [0.2, 0.25) is 0 Å². The molecule has 1 aromatic carbocycles. The fourth-order valence-electron chi connectivity index (χ4n) is 4.60. The molecule has 2 aliphatic heterocycles. The summed E-state index contributed by atoms with van der Waals surface area (Å²) in [6.07, 6.45) is 8.78. The fourth-order valence-corrected chi connectivity index (χ4v) is 4.60. The number of hydrogen-bond acceptors (Lipinski definition) is 4. The van der Waals surface area contributed by atoms with E-state index < -0.39 is 0 Å². The van der Waals surface area contributed by atoms with Crippen LogP contribution in [0.2, 0.25) is 0 Å². The molecule has 1 aromatic heterocycles. The minimum Gasteiger partial charge on any atom is -0.337 e. The highest BCUT2D eigenvalue weighted by atomic mass is 15.2. The van der Waals surface area contributed by atoms with Gasteiger partial charge in [-0.25, -0.2) is 0 Å². The summed E-state index contributed by atoms with van der Waals surface area (Å²) in [6, 6.07) is 15.5. The summed E-state index contributed by atoms with van der Waals surface area (Å²) in [6.45, 7) is 7.14. The lowest BCUT2D eigenvalue weighted by Crippen LogP contribution is -2.56. The van der Waals surface area contributed by atoms with Crippen LogP contribution >= 0.6 is 0 Å². The fraction of sp³-hybridized carbons (Fsp3) is 0.500. The zero-order chi connectivity index (χ0) is 17.8. The van der Waals surface area contributed by atoms with E-state index in [2.05, 4.69) is 63.4 Å². The van der Waals surface area contributed by atoms with Gasteiger partial charge in [-0.05, 0) is 70.0 Å². The third kappa shape index (κ3) is 3.62. The Labute approximate surface area is 157 Å². The van der Waals surface area contributed by atoms with E-state index in [-0.39, 0.29) is 0 Å². The highest BCUT2D eigenvalue weighted by molar-refractivity contribution is 5.63. The molecular formula is C22H30N4. The maximum absolute atomic E-state index is 4.37. The first-order chi connectivity index (χ1) is 12.8. The van der Waals surface area contributed by atoms with Crippen molar-refractivity contribution in [3.05, 3.63) is 54.9 Å². The number of benzene rings is 1. The Morgan fingerprint density at radius 2 is 1.69 bits per heavy atom. The SMILES string of the molecule is CC1(N2CCC(N(c3ccccc3)c3cccnc3)CC2)CCNCC1. The number of likely N-dealkylation sites (tertiary alicyclic amines) is 1. The summed E-state index contributed by atoms with van der Waals surface area (Å²) in [4.78, 5) is 9.61. The lowest BCUT2D eigenvalue weighted by Gasteiger charge is -2.49. The number of nitrogens with one attached hydrogen (secondary N) is 1. The van der Waals surface area contributed by atoms with E-state index in [0.717, 1.165) is 13.1 Å². The first-order valence-electron chi connectivity index (χ1n) is 9.96. The van der Waals surface area contributed by atoms with Gasteiger partial charge in [0, 0.05) is 36.6 Å². The van der Waals surface area contributed by atoms with Crippen LogP contribution in [0.4, 0.5) is 11.4 Å². The monoisotopic (exact) mass is 350 g/mol. The van der Waals surface area contributed by atoms with Crippen LogP contribution in [-0.4, -0.2) is 47.6 Å². The molecule has 3 heterocycles. The molecule has 0 saturated carbocycles. The van der Waals surface area contributed by atoms with Crippen molar-refractivity contribution in [2.75, 3.05) is 31.1 Å². The number of anilines is 2. The van der Waals surface area contributed by atoms with Gasteiger partial charge in [-0.15, -0.1) is 0 Å². The Bertz CT molecular complexity index is 634. The lowest BCUT2D eigenvalue weighted by atomic mass is 9.86. The number of para-hydroxylation sites is 1. The Hall–Kier alpha value is -1.91. The van der Waals surface area contributed by atoms with Gasteiger partial charge in [0.1, 0.15) is 0 Å². The second-order valence-corrected chi connectivity index (χ2v) is 7.88. The molecule has 2 aromatic rings. The van der Waals surface area contributed by atoms with E-state index in [1.165, 1.54) is 50.1 Å². The average Bonchev–Trinajstić information content (AvgIpc) is 2.71. The van der Waals surface area contributed by atoms with E-state index in [9.17, 15) is 0 Å². The van der Waals surface area contributed by atoms with Crippen LogP contribution in [0.1, 0.15) is 32.6 Å². The first kappa shape index (κ1) is 17.5. The molecule has 4 nitrogen and oxygen atoms in total. The first-order valence-corrected chi connectivity index (χ1v) is 9.96. The molecular weight excluding hydrogens is 320 g/mol. The van der Waals surface area contributed by atoms with Gasteiger partial charge in [-0.2, -0.15) is 0 Å². The van der Waals surface area contributed by atoms with Crippen molar-refractivity contribution in [2.24, 2.45) is 0 Å². The van der Waals surface area contributed by atoms with Crippen molar-refractivity contribution < 1.29 is 0 Å². The largest absolute Gasteiger partial charge is 0.337 e. The normalized spacial score (nSPS) is 21.4. The molecule has 0 amide bonds. The minimum atomic E-state index is 0.377. The molecule has 138 valence electrons. The van der Waals surface area contributed by atoms with Gasteiger partial charge >= 0.3 is 0 Å². The van der Waals surface area contributed by atoms with Gasteiger partial charge in [-0.3, -0.25) is 9.88 Å². The molecule has 1 N–H and O–H groups in total. The van der Waals surface area contributed by atoms with E-state index in [1.807, 2.05) is 18.5 Å². The molecule has 2 saturated heterocycles. The number of hydrogen-bond donors (Lipinski definition) is 1. The van der Waals surface area contributed by atoms with Gasteiger partial charge < -0.3 is 10.2 Å². The molecule has 26 heavy (non-hydrogen) atoms. The van der Waals surface area contributed by atoms with Crippen LogP contribution in [0.3, 0.4) is 0 Å². The molecule has 0 spiro atoms. The predicted octanol–water partition coefficient (Wildman–Crippen LogP) is 3.83. The van der Waals surface area contributed by atoms with E-state index in [1.54, 1.807) is 0 Å². The molecule has 4 rings (SSSR count). The third-order valence-electron chi connectivity index (χ3n) is 6.23. The van der Waals surface area contributed by atoms with Gasteiger partial charge in [0.15, 0.2) is 0 Å². The van der Waals surface area contributed by atoms with Crippen LogP contribution in [0.15, 0.2) is 54.9 Å². The third-order valence-corrected chi connectivity index (χ3v) is 6.23. The maximum atomic E-state index is 4.37. The maximum Gasteiger partial charge on any atom is 0.0599 e. The summed E-state index contributed by atoms with van der Waals surface area (Å²) >= 11 is 0. The van der Waals surface area contributed by atoms with Crippen LogP contribution in [0.5, 0.6) is 0 Å². The number of aromatic nitrogens is 1. The van der Waals surface area contributed by atoms with E-state index in [0.29, 0.717) is 11.6 Å². The van der Waals surface area contributed by atoms with Crippen LogP contribution < -0.4 is 10.2 Å². The van der Waals surface area contributed by atoms with Crippen LogP contribution in [0, 0.1) is 0 Å². The minimum absolute atomic E-state index is 0.377. The average molecular weight is 351 g/mol. The molecule has 2 aliphatic rings. The molecule has 0 bridgehead atoms. The van der Waals surface area contributed by atoms with E-state index >= 15 is 0 Å². The molecule has 2 fully saturated rings. The Balaban J connectivity index is 1.51. The van der Waals surface area contributed by atoms with Crippen molar-refractivity contribution in [1.82, 2.24) is 15.2 Å². The number of piperidine rings is 2. The highest BCUT2D eigenvalue weighted by Crippen LogP contribution is 2.34. The molecule has 0 unspecified atom stereocenters. The summed E-state index contributed by atoms with van der Waals surface area (Å²) in [5, 5.41) is 3.51. The molecule has 0 aliphatic carbocycles. The second kappa shape index (κ2) is 7.77. The molecule has 0 atom stereocenters. The Morgan fingerprint density at radius 1 is 1.00 bits per heavy atom. The quantitative estimate of drug-likeness (QED) is 0.908. The zero-order valence-corrected chi connectivity index (χ0v) is 15.8. The Morgan fingerprint density at radius 3 is 2.35 bits per heavy atom. The lowest BCUT2D eigenvalue weighted by molar-refractivity contribution is 0.0493. The number of pyridine rings is 1. The molecule has 0 radical (unpaired) electrons. The second-order valence-electron chi connectivity index (χ2n) is 7.88. The van der Waals surface area contributed by atoms with Crippen molar-refractivity contribution in [3.63, 3.8) is 0 Å². The highest BCUT2D eigenvalue weighted by Gasteiger charge is 2.36. The van der Waals surface area contributed by atoms with Gasteiger partial charge in [0.05, 0.1) is 11.9 Å². The zero-order valence-electron chi connectivity index (χ0n) is 15.8. The molecule has 4 heteroatoms. The van der Waals surface area contributed by atoms with Crippen molar-refractivity contribution in [2.45, 2.75) is 44.2 Å². The van der Waals surface area contributed by atoms with Crippen LogP contribution in [-0.2, 0) is 0 Å². The van der Waals surface area contributed by atoms with Crippen molar-refractivity contribution >= 4 is 11.4 Å². The van der Waals surface area contributed by atoms with E-state index in [4.69, 9.17) is 0 Å². The summed E-state index contributed by atoms with van der Waals surface area (Å²) in [5.74, 6) is 0. The topological polar surface area (TPSA) is 31.4 Å². The van der Waals surface area contributed by atoms with Crippen LogP contribution in [0.25, 0.3) is 0 Å². The number of nitrogens with zero attached hydrogens (tertiary/aromatic N) is 3.